The van der Waals surface area contributed by atoms with Gasteiger partial charge in [0.25, 0.3) is 5.91 Å². The van der Waals surface area contributed by atoms with Crippen LogP contribution in [0.3, 0.4) is 0 Å². The summed E-state index contributed by atoms with van der Waals surface area (Å²) < 4.78 is 0. The van der Waals surface area contributed by atoms with Crippen molar-refractivity contribution in [2.45, 2.75) is 0 Å². The molecule has 0 radical (unpaired) electrons. The molecular formula is C5H5NO. The highest BCUT2D eigenvalue weighted by atomic mass is 16.1. The lowest BCUT2D eigenvalue weighted by Gasteiger charge is -1.82. The summed E-state index contributed by atoms with van der Waals surface area (Å²) in [7, 11) is 0. The predicted molar refractivity (Wildman–Crippen MR) is 27.2 cm³/mol. The van der Waals surface area contributed by atoms with Gasteiger partial charge in [-0.2, -0.15) is 0 Å². The normalized spacial score (nSPS) is 6.14. The maximum atomic E-state index is 9.99. The zero-order valence-electron chi connectivity index (χ0n) is 3.77. The maximum Gasteiger partial charge on any atom is 0.299 e. The number of hydrogen-bond acceptors (Lipinski definition) is 1. The van der Waals surface area contributed by atoms with Crippen molar-refractivity contribution in [2.75, 3.05) is 0 Å². The number of rotatable bonds is 1. The largest absolute Gasteiger partial charge is 0.322 e. The Hall–Kier alpha value is -1.23. The minimum absolute atomic E-state index is 0.463. The van der Waals surface area contributed by atoms with Crippen molar-refractivity contribution in [3.63, 3.8) is 0 Å². The molecule has 0 aromatic rings. The van der Waals surface area contributed by atoms with E-state index in [2.05, 4.69) is 18.3 Å². The predicted octanol–water partition coefficient (Wildman–Crippen LogP) is -0.121. The average Bonchev–Trinajstić information content (AvgIpc) is 1.68. The number of hydrogen-bond donors (Lipinski definition) is 1. The Balaban J connectivity index is 3.43. The SMILES string of the molecule is C#CC(=O)NC=C. The van der Waals surface area contributed by atoms with Gasteiger partial charge in [0.1, 0.15) is 0 Å². The highest BCUT2D eigenvalue weighted by Gasteiger charge is 1.82. The third-order valence-corrected chi connectivity index (χ3v) is 0.364. The van der Waals surface area contributed by atoms with Crippen molar-refractivity contribution in [3.8, 4) is 12.3 Å². The van der Waals surface area contributed by atoms with Crippen LogP contribution in [-0.2, 0) is 4.79 Å². The van der Waals surface area contributed by atoms with Crippen molar-refractivity contribution < 1.29 is 4.79 Å². The summed E-state index contributed by atoms with van der Waals surface area (Å²) >= 11 is 0. The van der Waals surface area contributed by atoms with Crippen molar-refractivity contribution >= 4 is 5.91 Å². The zero-order valence-corrected chi connectivity index (χ0v) is 3.77. The van der Waals surface area contributed by atoms with E-state index in [4.69, 9.17) is 0 Å². The third kappa shape index (κ3) is 2.58. The fourth-order valence-electron chi connectivity index (χ4n) is 0.134. The molecule has 0 aromatic carbocycles. The Morgan fingerprint density at radius 1 is 2.00 bits per heavy atom. The van der Waals surface area contributed by atoms with Crippen LogP contribution in [0.2, 0.25) is 0 Å². The molecule has 0 atom stereocenters. The lowest BCUT2D eigenvalue weighted by atomic mass is 10.6. The second-order valence-corrected chi connectivity index (χ2v) is 0.822. The molecule has 0 bridgehead atoms. The summed E-state index contributed by atoms with van der Waals surface area (Å²) in [6.45, 7) is 3.22. The number of terminal acetylenes is 1. The van der Waals surface area contributed by atoms with E-state index in [1.54, 1.807) is 0 Å². The van der Waals surface area contributed by atoms with E-state index in [0.29, 0.717) is 0 Å². The van der Waals surface area contributed by atoms with Gasteiger partial charge in [0.2, 0.25) is 0 Å². The van der Waals surface area contributed by atoms with Crippen LogP contribution in [0.1, 0.15) is 0 Å². The smallest absolute Gasteiger partial charge is 0.299 e. The van der Waals surface area contributed by atoms with E-state index < -0.39 is 5.91 Å². The molecule has 0 aliphatic heterocycles. The monoisotopic (exact) mass is 95.0 g/mol. The minimum Gasteiger partial charge on any atom is -0.322 e. The quantitative estimate of drug-likeness (QED) is 0.452. The lowest BCUT2D eigenvalue weighted by Crippen LogP contribution is -2.12. The summed E-state index contributed by atoms with van der Waals surface area (Å²) in [5, 5.41) is 2.18. The molecule has 0 rings (SSSR count). The van der Waals surface area contributed by atoms with E-state index in [0.717, 1.165) is 0 Å². The van der Waals surface area contributed by atoms with E-state index in [1.165, 1.54) is 6.20 Å². The average molecular weight is 95.1 g/mol. The number of carbonyl (C=O) groups excluding carboxylic acids is 1. The molecule has 0 heterocycles. The molecule has 2 heteroatoms. The first-order valence-electron chi connectivity index (χ1n) is 1.69. The van der Waals surface area contributed by atoms with Crippen LogP contribution in [0.5, 0.6) is 0 Å². The van der Waals surface area contributed by atoms with Gasteiger partial charge in [-0.1, -0.05) is 6.58 Å². The van der Waals surface area contributed by atoms with Crippen LogP contribution >= 0.6 is 0 Å². The molecule has 0 fully saturated rings. The first-order valence-corrected chi connectivity index (χ1v) is 1.69. The number of carbonyl (C=O) groups is 1. The van der Waals surface area contributed by atoms with Gasteiger partial charge in [-0.05, 0) is 12.1 Å². The van der Waals surface area contributed by atoms with Crippen molar-refractivity contribution in [1.82, 2.24) is 5.32 Å². The molecule has 0 aromatic heterocycles. The van der Waals surface area contributed by atoms with E-state index >= 15 is 0 Å². The van der Waals surface area contributed by atoms with Crippen LogP contribution in [0.15, 0.2) is 12.8 Å². The Bertz CT molecular complexity index is 121. The molecule has 1 N–H and O–H groups in total. The maximum absolute atomic E-state index is 9.99. The molecule has 0 unspecified atom stereocenters. The van der Waals surface area contributed by atoms with Gasteiger partial charge >= 0.3 is 0 Å². The van der Waals surface area contributed by atoms with Crippen LogP contribution in [0.4, 0.5) is 0 Å². The number of nitrogens with one attached hydrogen (secondary N) is 1. The fraction of sp³-hybridized carbons (Fsp3) is 0. The van der Waals surface area contributed by atoms with Crippen LogP contribution in [0.25, 0.3) is 0 Å². The van der Waals surface area contributed by atoms with Gasteiger partial charge < -0.3 is 5.32 Å². The third-order valence-electron chi connectivity index (χ3n) is 0.364. The first-order chi connectivity index (χ1) is 3.31. The zero-order chi connectivity index (χ0) is 5.70. The van der Waals surface area contributed by atoms with E-state index in [9.17, 15) is 4.79 Å². The van der Waals surface area contributed by atoms with Crippen molar-refractivity contribution in [1.29, 1.82) is 0 Å². The van der Waals surface area contributed by atoms with Gasteiger partial charge in [-0.3, -0.25) is 4.79 Å². The van der Waals surface area contributed by atoms with Gasteiger partial charge in [0.15, 0.2) is 0 Å². The second-order valence-electron chi connectivity index (χ2n) is 0.822. The Kier molecular flexibility index (Phi) is 2.46. The van der Waals surface area contributed by atoms with E-state index in [-0.39, 0.29) is 0 Å². The molecule has 0 spiro atoms. The second kappa shape index (κ2) is 2.98. The molecule has 36 valence electrons. The Morgan fingerprint density at radius 2 is 2.57 bits per heavy atom. The molecule has 7 heavy (non-hydrogen) atoms. The van der Waals surface area contributed by atoms with Crippen molar-refractivity contribution in [3.05, 3.63) is 12.8 Å². The lowest BCUT2D eigenvalue weighted by molar-refractivity contribution is -0.114. The molecule has 0 aliphatic carbocycles. The van der Waals surface area contributed by atoms with Crippen molar-refractivity contribution in [2.24, 2.45) is 0 Å². The van der Waals surface area contributed by atoms with Gasteiger partial charge in [0, 0.05) is 0 Å². The molecule has 0 saturated heterocycles. The highest BCUT2D eigenvalue weighted by molar-refractivity contribution is 5.93. The van der Waals surface area contributed by atoms with Crippen LogP contribution in [-0.4, -0.2) is 5.91 Å². The molecule has 0 saturated carbocycles. The summed E-state index contributed by atoms with van der Waals surface area (Å²) in [6, 6.07) is 0. The molecule has 1 amide bonds. The minimum atomic E-state index is -0.463. The van der Waals surface area contributed by atoms with Gasteiger partial charge in [0.05, 0.1) is 0 Å². The standard InChI is InChI=1S/C5H5NO/c1-3-5(7)6-4-2/h1,4H,2H2,(H,6,7). The van der Waals surface area contributed by atoms with Crippen LogP contribution < -0.4 is 5.32 Å². The highest BCUT2D eigenvalue weighted by Crippen LogP contribution is 1.55. The summed E-state index contributed by atoms with van der Waals surface area (Å²) in [4.78, 5) is 9.99. The summed E-state index contributed by atoms with van der Waals surface area (Å²) in [6.07, 6.45) is 5.89. The van der Waals surface area contributed by atoms with Gasteiger partial charge in [-0.15, -0.1) is 6.42 Å². The summed E-state index contributed by atoms with van der Waals surface area (Å²) in [5.74, 6) is 1.38. The van der Waals surface area contributed by atoms with Gasteiger partial charge in [-0.25, -0.2) is 0 Å². The fourth-order valence-corrected chi connectivity index (χ4v) is 0.134. The first kappa shape index (κ1) is 5.77. The topological polar surface area (TPSA) is 29.1 Å². The van der Waals surface area contributed by atoms with Crippen LogP contribution in [0, 0.1) is 12.3 Å². The Morgan fingerprint density at radius 3 is 2.71 bits per heavy atom. The number of amides is 1. The van der Waals surface area contributed by atoms with E-state index in [1.807, 2.05) is 5.92 Å². The molecule has 2 nitrogen and oxygen atoms in total. The summed E-state index contributed by atoms with van der Waals surface area (Å²) in [5.41, 5.74) is 0. The Labute approximate surface area is 42.2 Å². The molecule has 0 aliphatic rings. The molecular weight excluding hydrogens is 90.1 g/mol.